The average molecular weight is 315 g/mol. The number of pyridine rings is 1. The van der Waals surface area contributed by atoms with Crippen molar-refractivity contribution in [2.45, 2.75) is 32.9 Å². The quantitative estimate of drug-likeness (QED) is 0.848. The number of rotatable bonds is 2. The van der Waals surface area contributed by atoms with Crippen LogP contribution in [-0.2, 0) is 13.0 Å². The molecule has 3 heterocycles. The van der Waals surface area contributed by atoms with Gasteiger partial charge in [-0.2, -0.15) is 5.26 Å². The summed E-state index contributed by atoms with van der Waals surface area (Å²) in [6, 6.07) is 6.90. The largest absolute Gasteiger partial charge is 0.349 e. The summed E-state index contributed by atoms with van der Waals surface area (Å²) >= 11 is 7.06. The van der Waals surface area contributed by atoms with Crippen LogP contribution in [0.5, 0.6) is 0 Å². The normalized spacial score (nSPS) is 15.0. The van der Waals surface area contributed by atoms with Gasteiger partial charge >= 0.3 is 0 Å². The molecule has 0 aliphatic carbocycles. The summed E-state index contributed by atoms with van der Waals surface area (Å²) in [6.45, 7) is 6.34. The van der Waals surface area contributed by atoms with E-state index in [2.05, 4.69) is 35.9 Å². The highest BCUT2D eigenvalue weighted by atomic mass is 32.1. The van der Waals surface area contributed by atoms with Crippen molar-refractivity contribution >= 4 is 23.6 Å². The summed E-state index contributed by atoms with van der Waals surface area (Å²) in [7, 11) is 0. The minimum atomic E-state index is 0.503. The molecule has 3 rings (SSSR count). The van der Waals surface area contributed by atoms with Crippen molar-refractivity contribution < 1.29 is 0 Å². The number of aromatic nitrogens is 1. The van der Waals surface area contributed by atoms with Crippen molar-refractivity contribution in [2.75, 3.05) is 6.54 Å². The predicted molar refractivity (Wildman–Crippen MR) is 88.9 cm³/mol. The summed E-state index contributed by atoms with van der Waals surface area (Å²) in [5.41, 5.74) is 4.08. The molecule has 1 aliphatic rings. The minimum Gasteiger partial charge on any atom is -0.349 e. The van der Waals surface area contributed by atoms with Crippen molar-refractivity contribution in [1.82, 2.24) is 9.88 Å². The average Bonchev–Trinajstić information content (AvgIpc) is 2.99. The molecule has 0 radical (unpaired) electrons. The van der Waals surface area contributed by atoms with Gasteiger partial charge in [0, 0.05) is 41.7 Å². The molecule has 21 heavy (non-hydrogen) atoms. The molecule has 108 valence electrons. The monoisotopic (exact) mass is 315 g/mol. The van der Waals surface area contributed by atoms with Crippen LogP contribution in [-0.4, -0.2) is 22.5 Å². The molecular formula is C16H17N3S2. The second-order valence-corrected chi connectivity index (χ2v) is 6.92. The number of fused-ring (bicyclic) bond motifs is 1. The molecule has 0 unspecified atom stereocenters. The van der Waals surface area contributed by atoms with Crippen LogP contribution in [0.2, 0.25) is 0 Å². The Bertz CT molecular complexity index is 751. The number of H-pyrrole nitrogens is 1. The van der Waals surface area contributed by atoms with Crippen LogP contribution >= 0.6 is 23.6 Å². The number of hydrogen-bond acceptors (Lipinski definition) is 4. The molecule has 0 spiro atoms. The first-order valence-corrected chi connectivity index (χ1v) is 8.36. The Labute approximate surface area is 133 Å². The summed E-state index contributed by atoms with van der Waals surface area (Å²) < 4.78 is 0.567. The Morgan fingerprint density at radius 1 is 1.48 bits per heavy atom. The fraction of sp³-hybridized carbons (Fsp3) is 0.375. The van der Waals surface area contributed by atoms with E-state index in [-0.39, 0.29) is 0 Å². The highest BCUT2D eigenvalue weighted by molar-refractivity contribution is 7.71. The van der Waals surface area contributed by atoms with Gasteiger partial charge in [-0.15, -0.1) is 11.3 Å². The van der Waals surface area contributed by atoms with E-state index in [1.165, 1.54) is 11.3 Å². The lowest BCUT2D eigenvalue weighted by atomic mass is 9.95. The van der Waals surface area contributed by atoms with Gasteiger partial charge in [-0.3, -0.25) is 4.90 Å². The van der Waals surface area contributed by atoms with Gasteiger partial charge in [0.25, 0.3) is 0 Å². The van der Waals surface area contributed by atoms with Crippen molar-refractivity contribution in [2.24, 2.45) is 0 Å². The van der Waals surface area contributed by atoms with E-state index in [0.717, 1.165) is 30.0 Å². The van der Waals surface area contributed by atoms with Gasteiger partial charge in [0.05, 0.1) is 5.56 Å². The van der Waals surface area contributed by atoms with Crippen LogP contribution < -0.4 is 0 Å². The highest BCUT2D eigenvalue weighted by Gasteiger charge is 2.25. The molecular weight excluding hydrogens is 298 g/mol. The molecule has 1 aliphatic heterocycles. The molecule has 2 aromatic rings. The Balaban J connectivity index is 2.24. The number of nitrogens with one attached hydrogen (secondary N) is 1. The van der Waals surface area contributed by atoms with Crippen molar-refractivity contribution in [3.63, 3.8) is 0 Å². The summed E-state index contributed by atoms with van der Waals surface area (Å²) in [5, 5.41) is 11.6. The van der Waals surface area contributed by atoms with Crippen LogP contribution in [0.25, 0.3) is 10.4 Å². The Morgan fingerprint density at radius 2 is 2.29 bits per heavy atom. The molecule has 0 atom stereocenters. The topological polar surface area (TPSA) is 42.8 Å². The van der Waals surface area contributed by atoms with Crippen molar-refractivity contribution in [1.29, 1.82) is 5.26 Å². The number of hydrogen-bond donors (Lipinski definition) is 1. The lowest BCUT2D eigenvalue weighted by molar-refractivity contribution is 0.202. The summed E-state index contributed by atoms with van der Waals surface area (Å²) in [5.74, 6) is 0. The summed E-state index contributed by atoms with van der Waals surface area (Å²) in [4.78, 5) is 6.85. The van der Waals surface area contributed by atoms with Crippen LogP contribution in [0.4, 0.5) is 0 Å². The number of nitriles is 1. The van der Waals surface area contributed by atoms with Crippen LogP contribution in [0.3, 0.4) is 0 Å². The zero-order valence-corrected chi connectivity index (χ0v) is 13.8. The first-order chi connectivity index (χ1) is 10.1. The zero-order valence-electron chi connectivity index (χ0n) is 12.1. The molecule has 0 fully saturated rings. The molecule has 0 saturated carbocycles. The van der Waals surface area contributed by atoms with E-state index in [1.54, 1.807) is 11.3 Å². The van der Waals surface area contributed by atoms with Gasteiger partial charge < -0.3 is 4.98 Å². The van der Waals surface area contributed by atoms with Gasteiger partial charge in [-0.1, -0.05) is 18.3 Å². The number of aromatic amines is 1. The Kier molecular flexibility index (Phi) is 3.94. The smallest absolute Gasteiger partial charge is 0.122 e. The fourth-order valence-electron chi connectivity index (χ4n) is 2.86. The third-order valence-corrected chi connectivity index (χ3v) is 5.22. The SMILES string of the molecule is CC(C)N1CCc2[nH]c(=S)c(C#N)c(-c3cccs3)c2C1. The molecule has 0 aromatic carbocycles. The van der Waals surface area contributed by atoms with E-state index >= 15 is 0 Å². The lowest BCUT2D eigenvalue weighted by Gasteiger charge is -2.33. The zero-order chi connectivity index (χ0) is 15.0. The van der Waals surface area contributed by atoms with Crippen LogP contribution in [0.1, 0.15) is 30.7 Å². The van der Waals surface area contributed by atoms with Gasteiger partial charge in [0.2, 0.25) is 0 Å². The van der Waals surface area contributed by atoms with Crippen LogP contribution in [0, 0.1) is 16.0 Å². The molecule has 5 heteroatoms. The third-order valence-electron chi connectivity index (χ3n) is 4.03. The molecule has 0 bridgehead atoms. The van der Waals surface area contributed by atoms with Gasteiger partial charge in [-0.05, 0) is 30.9 Å². The van der Waals surface area contributed by atoms with E-state index < -0.39 is 0 Å². The Morgan fingerprint density at radius 3 is 2.90 bits per heavy atom. The molecule has 0 amide bonds. The summed E-state index contributed by atoms with van der Waals surface area (Å²) in [6.07, 6.45) is 0.960. The van der Waals surface area contributed by atoms with Gasteiger partial charge in [0.1, 0.15) is 10.7 Å². The second-order valence-electron chi connectivity index (χ2n) is 5.56. The second kappa shape index (κ2) is 5.72. The maximum Gasteiger partial charge on any atom is 0.122 e. The van der Waals surface area contributed by atoms with Gasteiger partial charge in [-0.25, -0.2) is 0 Å². The Hall–Kier alpha value is -1.48. The van der Waals surface area contributed by atoms with E-state index in [4.69, 9.17) is 12.2 Å². The maximum absolute atomic E-state index is 9.53. The minimum absolute atomic E-state index is 0.503. The highest BCUT2D eigenvalue weighted by Crippen LogP contribution is 2.35. The van der Waals surface area contributed by atoms with Gasteiger partial charge in [0.15, 0.2) is 0 Å². The first kappa shape index (κ1) is 14.5. The first-order valence-electron chi connectivity index (χ1n) is 7.08. The maximum atomic E-state index is 9.53. The predicted octanol–water partition coefficient (Wildman–Crippen LogP) is 4.11. The fourth-order valence-corrected chi connectivity index (χ4v) is 3.93. The van der Waals surface area contributed by atoms with E-state index in [1.807, 2.05) is 11.4 Å². The van der Waals surface area contributed by atoms with E-state index in [0.29, 0.717) is 16.2 Å². The van der Waals surface area contributed by atoms with Crippen molar-refractivity contribution in [3.8, 4) is 16.5 Å². The molecule has 1 N–H and O–H groups in total. The molecule has 2 aromatic heterocycles. The number of nitrogens with zero attached hydrogens (tertiary/aromatic N) is 2. The van der Waals surface area contributed by atoms with E-state index in [9.17, 15) is 5.26 Å². The lowest BCUT2D eigenvalue weighted by Crippen LogP contribution is -2.36. The molecule has 0 saturated heterocycles. The standard InChI is InChI=1S/C16H17N3S2/c1-10(2)19-6-5-13-12(9-19)15(14-4-3-7-21-14)11(8-17)16(20)18-13/h3-4,7,10H,5-6,9H2,1-2H3,(H,18,20). The van der Waals surface area contributed by atoms with Crippen molar-refractivity contribution in [3.05, 3.63) is 39.0 Å². The number of thiophene rings is 1. The molecule has 3 nitrogen and oxygen atoms in total. The van der Waals surface area contributed by atoms with Crippen LogP contribution in [0.15, 0.2) is 17.5 Å². The third kappa shape index (κ3) is 2.55.